The Balaban J connectivity index is 1.42. The van der Waals surface area contributed by atoms with Crippen molar-refractivity contribution < 1.29 is 23.3 Å². The number of anilines is 1. The molecule has 1 aliphatic carbocycles. The van der Waals surface area contributed by atoms with E-state index in [9.17, 15) is 9.59 Å². The van der Waals surface area contributed by atoms with Gasteiger partial charge in [0.25, 0.3) is 11.1 Å². The highest BCUT2D eigenvalue weighted by Crippen LogP contribution is 2.38. The number of aromatic nitrogens is 3. The van der Waals surface area contributed by atoms with E-state index in [1.807, 2.05) is 0 Å². The number of aryl methyl sites for hydroxylation is 2. The van der Waals surface area contributed by atoms with Crippen molar-refractivity contribution in [3.63, 3.8) is 0 Å². The second-order valence-electron chi connectivity index (χ2n) is 6.67. The summed E-state index contributed by atoms with van der Waals surface area (Å²) in [6.07, 6.45) is 3.87. The number of hydrogen-bond acceptors (Lipinski definition) is 10. The van der Waals surface area contributed by atoms with Crippen LogP contribution in [-0.2, 0) is 22.4 Å². The summed E-state index contributed by atoms with van der Waals surface area (Å²) in [5, 5.41) is 15.3. The lowest BCUT2D eigenvalue weighted by Crippen LogP contribution is -2.17. The van der Waals surface area contributed by atoms with Crippen LogP contribution in [0.5, 0.6) is 0 Å². The molecule has 0 aliphatic heterocycles. The average molecular weight is 449 g/mol. The molecule has 30 heavy (non-hydrogen) atoms. The molecule has 1 N–H and O–H groups in total. The summed E-state index contributed by atoms with van der Waals surface area (Å²) in [5.41, 5.74) is 1.95. The van der Waals surface area contributed by atoms with E-state index in [0.29, 0.717) is 22.0 Å². The second kappa shape index (κ2) is 9.00. The molecule has 3 heterocycles. The van der Waals surface area contributed by atoms with E-state index in [1.165, 1.54) is 11.3 Å². The second-order valence-corrected chi connectivity index (χ2v) is 8.70. The Hall–Kier alpha value is -2.66. The Morgan fingerprint density at radius 1 is 1.30 bits per heavy atom. The molecular weight excluding hydrogens is 428 g/mol. The van der Waals surface area contributed by atoms with E-state index in [4.69, 9.17) is 13.7 Å². The number of fused-ring (bicyclic) bond motifs is 1. The number of esters is 1. The molecule has 9 nitrogen and oxygen atoms in total. The van der Waals surface area contributed by atoms with Crippen LogP contribution in [0.1, 0.15) is 46.3 Å². The molecule has 0 fully saturated rings. The van der Waals surface area contributed by atoms with Crippen LogP contribution >= 0.6 is 23.1 Å². The van der Waals surface area contributed by atoms with E-state index in [2.05, 4.69) is 20.7 Å². The minimum Gasteiger partial charge on any atom is -0.462 e. The summed E-state index contributed by atoms with van der Waals surface area (Å²) in [4.78, 5) is 26.1. The first kappa shape index (κ1) is 20.6. The SMILES string of the molecule is CCOC(=O)c1c(NC(=O)CSc2nnc(-c3cc(C)on3)o2)sc2c1CCCC2. The zero-order valence-corrected chi connectivity index (χ0v) is 18.2. The lowest BCUT2D eigenvalue weighted by molar-refractivity contribution is -0.113. The molecule has 0 saturated heterocycles. The normalized spacial score (nSPS) is 13.1. The number of amides is 1. The van der Waals surface area contributed by atoms with Crippen molar-refractivity contribution in [1.29, 1.82) is 0 Å². The van der Waals surface area contributed by atoms with Gasteiger partial charge in [-0.25, -0.2) is 4.79 Å². The van der Waals surface area contributed by atoms with Crippen molar-refractivity contribution in [3.8, 4) is 11.6 Å². The first-order chi connectivity index (χ1) is 14.5. The fourth-order valence-electron chi connectivity index (χ4n) is 3.20. The predicted molar refractivity (Wildman–Crippen MR) is 111 cm³/mol. The minimum atomic E-state index is -0.385. The highest BCUT2D eigenvalue weighted by Gasteiger charge is 2.27. The predicted octanol–water partition coefficient (Wildman–Crippen LogP) is 3.88. The van der Waals surface area contributed by atoms with E-state index >= 15 is 0 Å². The van der Waals surface area contributed by atoms with Gasteiger partial charge in [0.1, 0.15) is 10.8 Å². The monoisotopic (exact) mass is 448 g/mol. The Bertz CT molecular complexity index is 1070. The van der Waals surface area contributed by atoms with Crippen LogP contribution in [0.4, 0.5) is 5.00 Å². The summed E-state index contributed by atoms with van der Waals surface area (Å²) in [5.74, 6) is 0.271. The number of nitrogens with zero attached hydrogens (tertiary/aromatic N) is 3. The van der Waals surface area contributed by atoms with Crippen molar-refractivity contribution in [1.82, 2.24) is 15.4 Å². The quantitative estimate of drug-likeness (QED) is 0.424. The zero-order valence-electron chi connectivity index (χ0n) is 16.5. The number of thioether (sulfide) groups is 1. The van der Waals surface area contributed by atoms with Gasteiger partial charge in [0, 0.05) is 10.9 Å². The van der Waals surface area contributed by atoms with Crippen LogP contribution in [-0.4, -0.2) is 39.6 Å². The third-order valence-electron chi connectivity index (χ3n) is 4.48. The lowest BCUT2D eigenvalue weighted by atomic mass is 9.95. The maximum atomic E-state index is 12.5. The topological polar surface area (TPSA) is 120 Å². The van der Waals surface area contributed by atoms with Gasteiger partial charge in [-0.2, -0.15) is 0 Å². The smallest absolute Gasteiger partial charge is 0.341 e. The molecule has 0 radical (unpaired) electrons. The van der Waals surface area contributed by atoms with Gasteiger partial charge < -0.3 is 19.0 Å². The van der Waals surface area contributed by atoms with Crippen LogP contribution in [0.2, 0.25) is 0 Å². The van der Waals surface area contributed by atoms with Gasteiger partial charge in [0.2, 0.25) is 5.91 Å². The van der Waals surface area contributed by atoms with Crippen LogP contribution in [0, 0.1) is 6.92 Å². The summed E-state index contributed by atoms with van der Waals surface area (Å²) >= 11 is 2.56. The van der Waals surface area contributed by atoms with Gasteiger partial charge in [-0.05, 0) is 45.1 Å². The molecule has 0 bridgehead atoms. The molecule has 0 atom stereocenters. The Morgan fingerprint density at radius 3 is 2.90 bits per heavy atom. The number of rotatable bonds is 7. The van der Waals surface area contributed by atoms with Crippen molar-refractivity contribution in [2.75, 3.05) is 17.7 Å². The van der Waals surface area contributed by atoms with Crippen LogP contribution in [0.25, 0.3) is 11.6 Å². The first-order valence-electron chi connectivity index (χ1n) is 9.56. The zero-order chi connectivity index (χ0) is 21.1. The van der Waals surface area contributed by atoms with Crippen molar-refractivity contribution in [2.24, 2.45) is 0 Å². The van der Waals surface area contributed by atoms with Crippen molar-refractivity contribution in [3.05, 3.63) is 27.8 Å². The average Bonchev–Trinajstić information content (AvgIpc) is 3.44. The Kier molecular flexibility index (Phi) is 6.18. The molecule has 158 valence electrons. The van der Waals surface area contributed by atoms with Gasteiger partial charge in [-0.1, -0.05) is 16.9 Å². The van der Waals surface area contributed by atoms with Crippen molar-refractivity contribution in [2.45, 2.75) is 44.8 Å². The summed E-state index contributed by atoms with van der Waals surface area (Å²) in [7, 11) is 0. The first-order valence-corrected chi connectivity index (χ1v) is 11.4. The van der Waals surface area contributed by atoms with Gasteiger partial charge in [0.15, 0.2) is 5.69 Å². The van der Waals surface area contributed by atoms with E-state index in [-0.39, 0.29) is 35.3 Å². The molecule has 1 aliphatic rings. The summed E-state index contributed by atoms with van der Waals surface area (Å²) in [6.45, 7) is 3.82. The lowest BCUT2D eigenvalue weighted by Gasteiger charge is -2.12. The minimum absolute atomic E-state index is 0.0598. The number of nitrogens with one attached hydrogen (secondary N) is 1. The molecular formula is C19H20N4O5S2. The Morgan fingerprint density at radius 2 is 2.13 bits per heavy atom. The van der Waals surface area contributed by atoms with Gasteiger partial charge in [-0.3, -0.25) is 4.79 Å². The summed E-state index contributed by atoms with van der Waals surface area (Å²) < 4.78 is 15.7. The van der Waals surface area contributed by atoms with Gasteiger partial charge >= 0.3 is 5.97 Å². The Labute approximate surface area is 180 Å². The molecule has 1 amide bonds. The van der Waals surface area contributed by atoms with Gasteiger partial charge in [-0.15, -0.1) is 21.5 Å². The maximum Gasteiger partial charge on any atom is 0.341 e. The summed E-state index contributed by atoms with van der Waals surface area (Å²) in [6, 6.07) is 1.68. The standard InChI is InChI=1S/C19H20N4O5S2/c1-3-26-18(25)15-11-6-4-5-7-13(11)30-17(15)20-14(24)9-29-19-22-21-16(27-19)12-8-10(2)28-23-12/h8H,3-7,9H2,1-2H3,(H,20,24). The largest absolute Gasteiger partial charge is 0.462 e. The van der Waals surface area contributed by atoms with Crippen molar-refractivity contribution >= 4 is 40.0 Å². The third-order valence-corrected chi connectivity index (χ3v) is 6.51. The maximum absolute atomic E-state index is 12.5. The van der Waals surface area contributed by atoms with Crippen LogP contribution < -0.4 is 5.32 Å². The van der Waals surface area contributed by atoms with Crippen LogP contribution in [0.3, 0.4) is 0 Å². The fraction of sp³-hybridized carbons (Fsp3) is 0.421. The fourth-order valence-corrected chi connectivity index (χ4v) is 5.06. The molecule has 3 aromatic rings. The molecule has 0 aromatic carbocycles. The number of hydrogen-bond donors (Lipinski definition) is 1. The van der Waals surface area contributed by atoms with Gasteiger partial charge in [0.05, 0.1) is 17.9 Å². The number of thiophene rings is 1. The molecule has 3 aromatic heterocycles. The number of carbonyl (C=O) groups is 2. The third kappa shape index (κ3) is 4.41. The molecule has 0 saturated carbocycles. The molecule has 11 heteroatoms. The number of carbonyl (C=O) groups excluding carboxylic acids is 2. The molecule has 0 spiro atoms. The van der Waals surface area contributed by atoms with E-state index in [0.717, 1.165) is 47.9 Å². The number of ether oxygens (including phenoxy) is 1. The van der Waals surface area contributed by atoms with E-state index in [1.54, 1.807) is 19.9 Å². The molecule has 0 unspecified atom stereocenters. The molecule has 4 rings (SSSR count). The van der Waals surface area contributed by atoms with E-state index < -0.39 is 0 Å². The van der Waals surface area contributed by atoms with Crippen LogP contribution in [0.15, 0.2) is 20.2 Å². The highest BCUT2D eigenvalue weighted by atomic mass is 32.2. The highest BCUT2D eigenvalue weighted by molar-refractivity contribution is 7.99.